The van der Waals surface area contributed by atoms with Crippen LogP contribution in [0, 0.1) is 5.82 Å². The highest BCUT2D eigenvalue weighted by atomic mass is 19.1. The molecule has 1 aromatic carbocycles. The monoisotopic (exact) mass is 410 g/mol. The van der Waals surface area contributed by atoms with Crippen LogP contribution < -0.4 is 4.90 Å². The van der Waals surface area contributed by atoms with Gasteiger partial charge in [-0.05, 0) is 38.0 Å². The molecule has 1 atom stereocenters. The molecule has 0 aliphatic carbocycles. The number of halogens is 1. The molecule has 0 N–H and O–H groups in total. The van der Waals surface area contributed by atoms with E-state index >= 15 is 0 Å². The van der Waals surface area contributed by atoms with E-state index in [1.807, 2.05) is 30.2 Å². The third-order valence-corrected chi connectivity index (χ3v) is 5.77. The molecule has 156 valence electrons. The molecule has 0 radical (unpaired) electrons. The van der Waals surface area contributed by atoms with Gasteiger partial charge in [-0.2, -0.15) is 4.98 Å². The third kappa shape index (κ3) is 2.79. The number of fused-ring (bicyclic) bond motifs is 3. The summed E-state index contributed by atoms with van der Waals surface area (Å²) in [6, 6.07) is 3.97. The molecule has 8 nitrogen and oxygen atoms in total. The Bertz CT molecular complexity index is 1110. The number of urea groups is 1. The Morgan fingerprint density at radius 1 is 1.23 bits per heavy atom. The zero-order valence-corrected chi connectivity index (χ0v) is 17.2. The van der Waals surface area contributed by atoms with E-state index in [0.29, 0.717) is 41.9 Å². The summed E-state index contributed by atoms with van der Waals surface area (Å²) in [5.41, 5.74) is 2.57. The first-order valence-corrected chi connectivity index (χ1v) is 10.2. The van der Waals surface area contributed by atoms with Gasteiger partial charge in [-0.25, -0.2) is 14.2 Å². The van der Waals surface area contributed by atoms with Crippen LogP contribution in [0.1, 0.15) is 57.2 Å². The quantitative estimate of drug-likeness (QED) is 0.630. The highest BCUT2D eigenvalue weighted by Crippen LogP contribution is 2.43. The van der Waals surface area contributed by atoms with E-state index in [0.717, 1.165) is 18.5 Å². The zero-order chi connectivity index (χ0) is 21.0. The minimum Gasteiger partial charge on any atom is -0.339 e. The standard InChI is InChI=1S/C21H23FN6O2/c1-12(2)20-24-19(25-30-20)17-18-13(3)28(21(29)26-8-4-5-9-26)16-10-14(22)6-7-15(16)27(18)11-23-17/h6-7,10-13H,4-5,8-9H2,1-3H3. The number of imidazole rings is 1. The lowest BCUT2D eigenvalue weighted by Gasteiger charge is -2.38. The van der Waals surface area contributed by atoms with E-state index in [4.69, 9.17) is 4.52 Å². The van der Waals surface area contributed by atoms with Gasteiger partial charge in [0.2, 0.25) is 11.7 Å². The summed E-state index contributed by atoms with van der Waals surface area (Å²) in [4.78, 5) is 25.9. The lowest BCUT2D eigenvalue weighted by Crippen LogP contribution is -2.45. The van der Waals surface area contributed by atoms with Crippen molar-refractivity contribution in [3.8, 4) is 17.2 Å². The number of hydrogen-bond donors (Lipinski definition) is 0. The predicted molar refractivity (Wildman–Crippen MR) is 108 cm³/mol. The molecule has 0 spiro atoms. The van der Waals surface area contributed by atoms with E-state index in [9.17, 15) is 9.18 Å². The van der Waals surface area contributed by atoms with Gasteiger partial charge in [-0.1, -0.05) is 19.0 Å². The smallest absolute Gasteiger partial charge is 0.325 e. The van der Waals surface area contributed by atoms with E-state index in [-0.39, 0.29) is 23.8 Å². The molecule has 5 rings (SSSR count). The van der Waals surface area contributed by atoms with E-state index in [1.54, 1.807) is 17.3 Å². The van der Waals surface area contributed by atoms with E-state index in [2.05, 4.69) is 15.1 Å². The highest BCUT2D eigenvalue weighted by molar-refractivity contribution is 5.96. The van der Waals surface area contributed by atoms with Crippen LogP contribution in [-0.4, -0.2) is 43.7 Å². The Morgan fingerprint density at radius 3 is 2.70 bits per heavy atom. The van der Waals surface area contributed by atoms with Crippen molar-refractivity contribution < 1.29 is 13.7 Å². The number of carbonyl (C=O) groups is 1. The lowest BCUT2D eigenvalue weighted by molar-refractivity contribution is 0.213. The second kappa shape index (κ2) is 6.93. The summed E-state index contributed by atoms with van der Waals surface area (Å²) in [6.07, 6.45) is 3.63. The number of anilines is 1. The van der Waals surface area contributed by atoms with Crippen molar-refractivity contribution in [1.82, 2.24) is 24.6 Å². The molecule has 9 heteroatoms. The van der Waals surface area contributed by atoms with Gasteiger partial charge in [0.05, 0.1) is 23.1 Å². The zero-order valence-electron chi connectivity index (χ0n) is 17.2. The van der Waals surface area contributed by atoms with Gasteiger partial charge in [0.1, 0.15) is 17.8 Å². The van der Waals surface area contributed by atoms with Crippen molar-refractivity contribution in [3.05, 3.63) is 41.9 Å². The SMILES string of the molecule is CC(C)c1nc(-c2ncn3c2C(C)N(C(=O)N2CCCC2)c2cc(F)ccc2-3)no1. The molecule has 4 heterocycles. The largest absolute Gasteiger partial charge is 0.339 e. The van der Waals surface area contributed by atoms with Gasteiger partial charge < -0.3 is 9.42 Å². The van der Waals surface area contributed by atoms with Crippen molar-refractivity contribution >= 4 is 11.7 Å². The summed E-state index contributed by atoms with van der Waals surface area (Å²) in [5, 5.41) is 4.10. The maximum atomic E-state index is 14.2. The average molecular weight is 410 g/mol. The van der Waals surface area contributed by atoms with E-state index in [1.165, 1.54) is 12.1 Å². The van der Waals surface area contributed by atoms with Crippen molar-refractivity contribution in [2.24, 2.45) is 0 Å². The average Bonchev–Trinajstić information content (AvgIpc) is 3.46. The fraction of sp³-hybridized carbons (Fsp3) is 0.429. The Morgan fingerprint density at radius 2 is 2.00 bits per heavy atom. The van der Waals surface area contributed by atoms with Crippen LogP contribution in [0.3, 0.4) is 0 Å². The van der Waals surface area contributed by atoms with Gasteiger partial charge in [0, 0.05) is 19.0 Å². The summed E-state index contributed by atoms with van der Waals surface area (Å²) >= 11 is 0. The Balaban J connectivity index is 1.66. The van der Waals surface area contributed by atoms with Gasteiger partial charge in [-0.3, -0.25) is 9.47 Å². The van der Waals surface area contributed by atoms with Crippen LogP contribution in [0.4, 0.5) is 14.9 Å². The van der Waals surface area contributed by atoms with Gasteiger partial charge in [0.25, 0.3) is 0 Å². The molecule has 2 aliphatic heterocycles. The first kappa shape index (κ1) is 18.8. The number of aromatic nitrogens is 4. The molecular formula is C21H23FN6O2. The fourth-order valence-corrected chi connectivity index (χ4v) is 4.24. The van der Waals surface area contributed by atoms with Crippen molar-refractivity contribution in [2.45, 2.75) is 45.6 Å². The van der Waals surface area contributed by atoms with Crippen LogP contribution in [0.2, 0.25) is 0 Å². The molecule has 0 bridgehead atoms. The summed E-state index contributed by atoms with van der Waals surface area (Å²) in [5.74, 6) is 0.629. The number of hydrogen-bond acceptors (Lipinski definition) is 5. The maximum absolute atomic E-state index is 14.2. The van der Waals surface area contributed by atoms with Crippen LogP contribution in [0.5, 0.6) is 0 Å². The predicted octanol–water partition coefficient (Wildman–Crippen LogP) is 4.28. The third-order valence-electron chi connectivity index (χ3n) is 5.77. The first-order valence-electron chi connectivity index (χ1n) is 10.2. The summed E-state index contributed by atoms with van der Waals surface area (Å²) < 4.78 is 21.4. The number of amides is 2. The normalized spacial score (nSPS) is 18.1. The number of carbonyl (C=O) groups excluding carboxylic acids is 1. The number of benzene rings is 1. The topological polar surface area (TPSA) is 80.3 Å². The minimum atomic E-state index is -0.385. The molecule has 1 saturated heterocycles. The lowest BCUT2D eigenvalue weighted by atomic mass is 10.0. The second-order valence-electron chi connectivity index (χ2n) is 8.12. The minimum absolute atomic E-state index is 0.0964. The van der Waals surface area contributed by atoms with Gasteiger partial charge >= 0.3 is 6.03 Å². The van der Waals surface area contributed by atoms with Crippen LogP contribution >= 0.6 is 0 Å². The second-order valence-corrected chi connectivity index (χ2v) is 8.12. The summed E-state index contributed by atoms with van der Waals surface area (Å²) in [7, 11) is 0. The molecule has 2 aromatic heterocycles. The highest BCUT2D eigenvalue weighted by Gasteiger charge is 2.38. The maximum Gasteiger partial charge on any atom is 0.325 e. The first-order chi connectivity index (χ1) is 14.5. The number of nitrogens with zero attached hydrogens (tertiary/aromatic N) is 6. The fourth-order valence-electron chi connectivity index (χ4n) is 4.24. The Hall–Kier alpha value is -3.23. The van der Waals surface area contributed by atoms with Crippen LogP contribution in [0.15, 0.2) is 29.0 Å². The molecule has 30 heavy (non-hydrogen) atoms. The van der Waals surface area contributed by atoms with Crippen molar-refractivity contribution in [3.63, 3.8) is 0 Å². The molecule has 1 unspecified atom stereocenters. The number of likely N-dealkylation sites (tertiary alicyclic amines) is 1. The molecule has 3 aromatic rings. The van der Waals surface area contributed by atoms with Gasteiger partial charge in [-0.15, -0.1) is 0 Å². The van der Waals surface area contributed by atoms with Gasteiger partial charge in [0.15, 0.2) is 0 Å². The molecule has 1 fully saturated rings. The molecular weight excluding hydrogens is 387 g/mol. The molecule has 2 aliphatic rings. The van der Waals surface area contributed by atoms with Crippen molar-refractivity contribution in [2.75, 3.05) is 18.0 Å². The van der Waals surface area contributed by atoms with Crippen LogP contribution in [-0.2, 0) is 0 Å². The molecule has 2 amide bonds. The Kier molecular flexibility index (Phi) is 4.34. The number of rotatable bonds is 2. The van der Waals surface area contributed by atoms with E-state index < -0.39 is 0 Å². The van der Waals surface area contributed by atoms with Crippen molar-refractivity contribution in [1.29, 1.82) is 0 Å². The Labute approximate surface area is 173 Å². The summed E-state index contributed by atoms with van der Waals surface area (Å²) in [6.45, 7) is 7.29. The molecule has 0 saturated carbocycles. The van der Waals surface area contributed by atoms with Crippen LogP contribution in [0.25, 0.3) is 17.2 Å².